The van der Waals surface area contributed by atoms with Gasteiger partial charge >= 0.3 is 0 Å². The first-order chi connectivity index (χ1) is 45.3. The van der Waals surface area contributed by atoms with Gasteiger partial charge in [0.15, 0.2) is 11.5 Å². The molecule has 0 amide bonds. The van der Waals surface area contributed by atoms with Crippen LogP contribution >= 0.6 is 0 Å². The van der Waals surface area contributed by atoms with Gasteiger partial charge in [0.1, 0.15) is 0 Å². The molecule has 0 aliphatic carbocycles. The standard InChI is InChI=1S/C86H80B3N5O/c1-82(2,3)51-36-40-60-66(44-51)91(55-30-22-17-23-31-55)72-50-73-76-79-75(72)87(60)62-42-38-58(85(10,11)12)80-77(62)94(79)78-63(43-39-59(81(78)95-80)86(13,14)15)89(76)65-48-64-68(49-69(65)93(73)57-34-26-19-27-35-57)92(56-32-24-18-25-33-56)71-47-53(84(7,8)9)46-70-74(71)88(64)61-41-37-52(83(4,5)6)45-67(61)90(70)54-28-20-16-21-29-54/h16-50H,1-15H3. The zero-order valence-electron chi connectivity index (χ0n) is 57.6. The molecule has 0 atom stereocenters. The average Bonchev–Trinajstić information content (AvgIpc) is 0.659. The van der Waals surface area contributed by atoms with Crippen LogP contribution in [-0.2, 0) is 27.1 Å². The Labute approximate surface area is 563 Å². The first kappa shape index (κ1) is 58.0. The van der Waals surface area contributed by atoms with Crippen LogP contribution in [0, 0.1) is 0 Å². The van der Waals surface area contributed by atoms with Crippen LogP contribution in [0.25, 0.3) is 0 Å². The van der Waals surface area contributed by atoms with Gasteiger partial charge in [-0.1, -0.05) is 231 Å². The molecule has 95 heavy (non-hydrogen) atoms. The molecule has 0 radical (unpaired) electrons. The van der Waals surface area contributed by atoms with E-state index in [1.807, 2.05) is 0 Å². The number of ether oxygens (including phenoxy) is 1. The van der Waals surface area contributed by atoms with E-state index >= 15 is 0 Å². The van der Waals surface area contributed by atoms with Crippen molar-refractivity contribution in [2.24, 2.45) is 0 Å². The summed E-state index contributed by atoms with van der Waals surface area (Å²) in [4.78, 5) is 13.2. The topological polar surface area (TPSA) is 25.4 Å². The zero-order chi connectivity index (χ0) is 65.5. The molecule has 0 unspecified atom stereocenters. The summed E-state index contributed by atoms with van der Waals surface area (Å²) < 4.78 is 7.99. The minimum atomic E-state index is -0.254. The zero-order valence-corrected chi connectivity index (χ0v) is 57.6. The van der Waals surface area contributed by atoms with E-state index in [9.17, 15) is 0 Å². The van der Waals surface area contributed by atoms with E-state index < -0.39 is 0 Å². The van der Waals surface area contributed by atoms with Gasteiger partial charge in [0, 0.05) is 85.1 Å². The van der Waals surface area contributed by atoms with Crippen LogP contribution in [0.15, 0.2) is 212 Å². The van der Waals surface area contributed by atoms with Gasteiger partial charge < -0.3 is 29.2 Å². The van der Waals surface area contributed by atoms with Gasteiger partial charge in [0.25, 0.3) is 20.1 Å². The lowest BCUT2D eigenvalue weighted by atomic mass is 9.27. The number of anilines is 15. The molecule has 7 aliphatic heterocycles. The highest BCUT2D eigenvalue weighted by molar-refractivity contribution is 7.06. The summed E-state index contributed by atoms with van der Waals surface area (Å²) in [6.07, 6.45) is 0. The van der Waals surface area contributed by atoms with Crippen LogP contribution in [0.2, 0.25) is 0 Å². The third kappa shape index (κ3) is 8.20. The highest BCUT2D eigenvalue weighted by atomic mass is 16.5. The number of benzene rings is 11. The Morgan fingerprint density at radius 3 is 0.905 bits per heavy atom. The lowest BCUT2D eigenvalue weighted by Crippen LogP contribution is -2.70. The summed E-state index contributed by atoms with van der Waals surface area (Å²) in [6.45, 7) is 34.9. The van der Waals surface area contributed by atoms with Crippen molar-refractivity contribution in [1.82, 2.24) is 0 Å². The Hall–Kier alpha value is -9.59. The molecule has 0 bridgehead atoms. The second kappa shape index (κ2) is 19.5. The highest BCUT2D eigenvalue weighted by Crippen LogP contribution is 2.60. The minimum absolute atomic E-state index is 0.0953. The van der Waals surface area contributed by atoms with Gasteiger partial charge in [-0.25, -0.2) is 0 Å². The fourth-order valence-corrected chi connectivity index (χ4v) is 17.2. The smallest absolute Gasteiger partial charge is 0.252 e. The SMILES string of the molecule is CC(C)(C)c1ccc2c(c1)N(c1ccccc1)c1cc(C(C)(C)C)cc3c1B2c1cc2c(cc1N3c1ccccc1)N(c1ccccc1)c1cc3c4c5c1B2c1ccc(C(C)(C)C)c2c1N5c1c(ccc(C(C)(C)C)c1O2)B4c1ccc(C(C)(C)C)cc1N3c1ccccc1. The van der Waals surface area contributed by atoms with Crippen LogP contribution in [0.3, 0.4) is 0 Å². The van der Waals surface area contributed by atoms with E-state index in [4.69, 9.17) is 4.74 Å². The molecule has 11 aromatic carbocycles. The van der Waals surface area contributed by atoms with Crippen molar-refractivity contribution in [1.29, 1.82) is 0 Å². The van der Waals surface area contributed by atoms with Crippen LogP contribution < -0.4 is 78.4 Å². The second-order valence-electron chi connectivity index (χ2n) is 33.0. The van der Waals surface area contributed by atoms with Crippen molar-refractivity contribution in [2.45, 2.75) is 131 Å². The van der Waals surface area contributed by atoms with Crippen molar-refractivity contribution in [2.75, 3.05) is 24.5 Å². The number of rotatable bonds is 4. The van der Waals surface area contributed by atoms with Crippen LogP contribution in [-0.4, -0.2) is 20.1 Å². The fourth-order valence-electron chi connectivity index (χ4n) is 17.2. The predicted molar refractivity (Wildman–Crippen MR) is 407 cm³/mol. The molecule has 0 spiro atoms. The maximum Gasteiger partial charge on any atom is 0.252 e. The first-order valence-corrected chi connectivity index (χ1v) is 34.4. The summed E-state index contributed by atoms with van der Waals surface area (Å²) in [5.74, 6) is 1.93. The van der Waals surface area contributed by atoms with E-state index in [0.29, 0.717) is 0 Å². The molecule has 7 heterocycles. The molecule has 0 saturated carbocycles. The Balaban J connectivity index is 1.02. The van der Waals surface area contributed by atoms with Gasteiger partial charge in [-0.3, -0.25) is 0 Å². The van der Waals surface area contributed by atoms with Gasteiger partial charge in [0.05, 0.1) is 11.4 Å². The molecular formula is C86H80B3N5O. The number of para-hydroxylation sites is 4. The number of hydrogen-bond acceptors (Lipinski definition) is 6. The van der Waals surface area contributed by atoms with E-state index in [1.54, 1.807) is 0 Å². The number of hydrogen-bond donors (Lipinski definition) is 0. The van der Waals surface area contributed by atoms with E-state index in [1.165, 1.54) is 134 Å². The molecule has 0 N–H and O–H groups in total. The first-order valence-electron chi connectivity index (χ1n) is 34.4. The van der Waals surface area contributed by atoms with Gasteiger partial charge in [-0.15, -0.1) is 0 Å². The normalized spacial score (nSPS) is 15.0. The quantitative estimate of drug-likeness (QED) is 0.163. The Kier molecular flexibility index (Phi) is 11.9. The lowest BCUT2D eigenvalue weighted by Gasteiger charge is -2.53. The lowest BCUT2D eigenvalue weighted by molar-refractivity contribution is 0.433. The Bertz CT molecular complexity index is 5110. The van der Waals surface area contributed by atoms with E-state index in [0.717, 1.165) is 39.9 Å². The molecule has 6 nitrogen and oxygen atoms in total. The molecule has 11 aromatic rings. The molecular weight excluding hydrogens is 1150 g/mol. The average molecular weight is 1230 g/mol. The summed E-state index contributed by atoms with van der Waals surface area (Å²) in [6, 6.07) is 82.5. The molecule has 0 saturated heterocycles. The number of fused-ring (bicyclic) bond motifs is 10. The summed E-state index contributed by atoms with van der Waals surface area (Å²) in [5, 5.41) is 0. The number of nitrogens with zero attached hydrogens (tertiary/aromatic N) is 5. The maximum absolute atomic E-state index is 7.99. The molecule has 18 rings (SSSR count). The van der Waals surface area contributed by atoms with Crippen molar-refractivity contribution in [3.05, 3.63) is 240 Å². The minimum Gasteiger partial charge on any atom is -0.452 e. The van der Waals surface area contributed by atoms with Crippen LogP contribution in [0.4, 0.5) is 85.3 Å². The maximum atomic E-state index is 7.99. The third-order valence-electron chi connectivity index (χ3n) is 21.8. The second-order valence-corrected chi connectivity index (χ2v) is 33.0. The molecule has 7 aliphatic rings. The Morgan fingerprint density at radius 2 is 0.547 bits per heavy atom. The molecule has 464 valence electrons. The van der Waals surface area contributed by atoms with Crippen molar-refractivity contribution in [3.63, 3.8) is 0 Å². The van der Waals surface area contributed by atoms with Crippen LogP contribution in [0.5, 0.6) is 11.5 Å². The van der Waals surface area contributed by atoms with Gasteiger partial charge in [0.2, 0.25) is 0 Å². The van der Waals surface area contributed by atoms with E-state index in [-0.39, 0.29) is 47.2 Å². The van der Waals surface area contributed by atoms with Crippen molar-refractivity contribution in [3.8, 4) is 11.5 Å². The third-order valence-corrected chi connectivity index (χ3v) is 21.8. The van der Waals surface area contributed by atoms with Gasteiger partial charge in [-0.2, -0.15) is 0 Å². The van der Waals surface area contributed by atoms with Crippen molar-refractivity contribution < 1.29 is 4.74 Å². The summed E-state index contributed by atoms with van der Waals surface area (Å²) in [5.41, 5.74) is 34.9. The fraction of sp³-hybridized carbons (Fsp3) is 0.233. The van der Waals surface area contributed by atoms with Crippen LogP contribution in [0.1, 0.15) is 132 Å². The predicted octanol–water partition coefficient (Wildman–Crippen LogP) is 17.1. The van der Waals surface area contributed by atoms with Crippen molar-refractivity contribution >= 4 is 155 Å². The van der Waals surface area contributed by atoms with E-state index in [2.05, 4.69) is 341 Å². The molecule has 0 aromatic heterocycles. The largest absolute Gasteiger partial charge is 0.452 e. The molecule has 9 heteroatoms. The Morgan fingerprint density at radius 1 is 0.242 bits per heavy atom. The van der Waals surface area contributed by atoms with Gasteiger partial charge in [-0.05, 0) is 178 Å². The monoisotopic (exact) mass is 1230 g/mol. The summed E-state index contributed by atoms with van der Waals surface area (Å²) in [7, 11) is 0. The summed E-state index contributed by atoms with van der Waals surface area (Å²) >= 11 is 0. The highest BCUT2D eigenvalue weighted by Gasteiger charge is 2.57. The molecule has 0 fully saturated rings.